The second-order valence-electron chi connectivity index (χ2n) is 5.39. The van der Waals surface area contributed by atoms with Crippen LogP contribution in [0.25, 0.3) is 0 Å². The first-order chi connectivity index (χ1) is 9.44. The van der Waals surface area contributed by atoms with Gasteiger partial charge >= 0.3 is 0 Å². The molecule has 0 saturated heterocycles. The molecule has 0 aromatic heterocycles. The molecule has 0 bridgehead atoms. The summed E-state index contributed by atoms with van der Waals surface area (Å²) in [5.41, 5.74) is 7.14. The molecular formula is C14H21BrN2O2S. The molecule has 0 heterocycles. The molecule has 1 aromatic carbocycles. The summed E-state index contributed by atoms with van der Waals surface area (Å²) in [6, 6.07) is 3.52. The Kier molecular flexibility index (Phi) is 5.23. The molecule has 1 aromatic rings. The lowest BCUT2D eigenvalue weighted by Crippen LogP contribution is -2.28. The molecule has 1 fully saturated rings. The fourth-order valence-corrected chi connectivity index (χ4v) is 4.36. The number of benzene rings is 1. The van der Waals surface area contributed by atoms with Crippen molar-refractivity contribution in [2.75, 3.05) is 6.54 Å². The second-order valence-corrected chi connectivity index (χ2v) is 7.98. The Morgan fingerprint density at radius 2 is 2.10 bits per heavy atom. The van der Waals surface area contributed by atoms with Crippen molar-refractivity contribution in [3.05, 3.63) is 27.7 Å². The molecule has 0 amide bonds. The molecule has 20 heavy (non-hydrogen) atoms. The number of hydrogen-bond acceptors (Lipinski definition) is 3. The topological polar surface area (TPSA) is 72.2 Å². The summed E-state index contributed by atoms with van der Waals surface area (Å²) in [6.07, 6.45) is 4.67. The van der Waals surface area contributed by atoms with Gasteiger partial charge in [-0.3, -0.25) is 0 Å². The lowest BCUT2D eigenvalue weighted by molar-refractivity contribution is 0.297. The molecule has 0 unspecified atom stereocenters. The standard InChI is InChI=1S/C14H21BrN2O2S/c1-10-13(15)7-12(9-16)8-14(10)20(18,19)17-6-5-11-3-2-4-11/h7-8,11,17H,2-6,9,16H2,1H3. The maximum absolute atomic E-state index is 12.4. The lowest BCUT2D eigenvalue weighted by atomic mass is 9.83. The summed E-state index contributed by atoms with van der Waals surface area (Å²) >= 11 is 3.39. The normalized spacial score (nSPS) is 16.1. The molecule has 0 aliphatic heterocycles. The number of halogens is 1. The first kappa shape index (κ1) is 15.9. The van der Waals surface area contributed by atoms with E-state index in [9.17, 15) is 8.42 Å². The molecule has 1 saturated carbocycles. The van der Waals surface area contributed by atoms with Gasteiger partial charge in [-0.25, -0.2) is 13.1 Å². The third-order valence-electron chi connectivity index (χ3n) is 3.95. The van der Waals surface area contributed by atoms with Crippen LogP contribution < -0.4 is 10.5 Å². The molecule has 0 radical (unpaired) electrons. The van der Waals surface area contributed by atoms with E-state index in [1.54, 1.807) is 13.0 Å². The molecule has 0 spiro atoms. The summed E-state index contributed by atoms with van der Waals surface area (Å²) in [5, 5.41) is 0. The molecular weight excluding hydrogens is 340 g/mol. The third-order valence-corrected chi connectivity index (χ3v) is 6.36. The average Bonchev–Trinajstić information content (AvgIpc) is 2.35. The van der Waals surface area contributed by atoms with Crippen LogP contribution in [0.5, 0.6) is 0 Å². The number of sulfonamides is 1. The van der Waals surface area contributed by atoms with E-state index in [1.165, 1.54) is 19.3 Å². The summed E-state index contributed by atoms with van der Waals surface area (Å²) < 4.78 is 28.3. The van der Waals surface area contributed by atoms with Crippen LogP contribution in [0, 0.1) is 12.8 Å². The molecule has 3 N–H and O–H groups in total. The quantitative estimate of drug-likeness (QED) is 0.818. The number of rotatable bonds is 6. The minimum Gasteiger partial charge on any atom is -0.326 e. The summed E-state index contributed by atoms with van der Waals surface area (Å²) in [4.78, 5) is 0.320. The van der Waals surface area contributed by atoms with Crippen molar-refractivity contribution in [1.29, 1.82) is 0 Å². The van der Waals surface area contributed by atoms with Crippen LogP contribution in [0.2, 0.25) is 0 Å². The zero-order chi connectivity index (χ0) is 14.8. The SMILES string of the molecule is Cc1c(Br)cc(CN)cc1S(=O)(=O)NCCC1CCC1. The van der Waals surface area contributed by atoms with E-state index in [4.69, 9.17) is 5.73 Å². The number of nitrogens with two attached hydrogens (primary N) is 1. The predicted molar refractivity (Wildman–Crippen MR) is 83.9 cm³/mol. The van der Waals surface area contributed by atoms with Crippen LogP contribution in [0.1, 0.15) is 36.8 Å². The fourth-order valence-electron chi connectivity index (χ4n) is 2.36. The molecule has 2 rings (SSSR count). The highest BCUT2D eigenvalue weighted by Gasteiger charge is 2.21. The first-order valence-corrected chi connectivity index (χ1v) is 9.20. The van der Waals surface area contributed by atoms with Gasteiger partial charge < -0.3 is 5.73 Å². The summed E-state index contributed by atoms with van der Waals surface area (Å²) in [6.45, 7) is 2.63. The highest BCUT2D eigenvalue weighted by Crippen LogP contribution is 2.29. The minimum atomic E-state index is -3.46. The Balaban J connectivity index is 2.13. The largest absolute Gasteiger partial charge is 0.326 e. The van der Waals surface area contributed by atoms with Crippen molar-refractivity contribution in [3.63, 3.8) is 0 Å². The zero-order valence-electron chi connectivity index (χ0n) is 11.7. The Morgan fingerprint density at radius 1 is 1.40 bits per heavy atom. The van der Waals surface area contributed by atoms with Gasteiger partial charge in [-0.05, 0) is 42.5 Å². The molecule has 6 heteroatoms. The van der Waals surface area contributed by atoms with Crippen molar-refractivity contribution in [2.24, 2.45) is 11.7 Å². The van der Waals surface area contributed by atoms with Crippen molar-refractivity contribution in [1.82, 2.24) is 4.72 Å². The fraction of sp³-hybridized carbons (Fsp3) is 0.571. The van der Waals surface area contributed by atoms with Gasteiger partial charge in [-0.15, -0.1) is 0 Å². The van der Waals surface area contributed by atoms with Crippen LogP contribution in [0.15, 0.2) is 21.5 Å². The predicted octanol–water partition coefficient (Wildman–Crippen LogP) is 2.68. The maximum Gasteiger partial charge on any atom is 0.240 e. The summed E-state index contributed by atoms with van der Waals surface area (Å²) in [5.74, 6) is 0.695. The van der Waals surface area contributed by atoms with Gasteiger partial charge in [0.2, 0.25) is 10.0 Å². The monoisotopic (exact) mass is 360 g/mol. The van der Waals surface area contributed by atoms with Gasteiger partial charge in [0.1, 0.15) is 0 Å². The van der Waals surface area contributed by atoms with Crippen molar-refractivity contribution in [3.8, 4) is 0 Å². The molecule has 0 atom stereocenters. The second kappa shape index (κ2) is 6.56. The molecule has 1 aliphatic rings. The Labute approximate surface area is 129 Å². The van der Waals surface area contributed by atoms with Gasteiger partial charge in [0.25, 0.3) is 0 Å². The smallest absolute Gasteiger partial charge is 0.240 e. The number of nitrogens with one attached hydrogen (secondary N) is 1. The van der Waals surface area contributed by atoms with E-state index in [1.807, 2.05) is 6.07 Å². The van der Waals surface area contributed by atoms with Crippen molar-refractivity contribution < 1.29 is 8.42 Å². The van der Waals surface area contributed by atoms with Crippen LogP contribution in [0.4, 0.5) is 0 Å². The highest BCUT2D eigenvalue weighted by atomic mass is 79.9. The van der Waals surface area contributed by atoms with E-state index < -0.39 is 10.0 Å². The van der Waals surface area contributed by atoms with E-state index in [0.29, 0.717) is 23.9 Å². The van der Waals surface area contributed by atoms with Crippen LogP contribution in [-0.4, -0.2) is 15.0 Å². The number of hydrogen-bond donors (Lipinski definition) is 2. The first-order valence-electron chi connectivity index (χ1n) is 6.93. The van der Waals surface area contributed by atoms with Gasteiger partial charge in [-0.1, -0.05) is 35.2 Å². The van der Waals surface area contributed by atoms with Crippen LogP contribution in [0.3, 0.4) is 0 Å². The van der Waals surface area contributed by atoms with Crippen molar-refractivity contribution in [2.45, 2.75) is 44.0 Å². The van der Waals surface area contributed by atoms with Gasteiger partial charge in [0.05, 0.1) is 4.90 Å². The van der Waals surface area contributed by atoms with Gasteiger partial charge in [0, 0.05) is 17.6 Å². The zero-order valence-corrected chi connectivity index (χ0v) is 14.1. The maximum atomic E-state index is 12.4. The van der Waals surface area contributed by atoms with Gasteiger partial charge in [0.15, 0.2) is 0 Å². The lowest BCUT2D eigenvalue weighted by Gasteiger charge is -2.25. The average molecular weight is 361 g/mol. The van der Waals surface area contributed by atoms with E-state index in [2.05, 4.69) is 20.7 Å². The van der Waals surface area contributed by atoms with E-state index in [0.717, 1.165) is 22.0 Å². The van der Waals surface area contributed by atoms with E-state index in [-0.39, 0.29) is 0 Å². The summed E-state index contributed by atoms with van der Waals surface area (Å²) in [7, 11) is -3.46. The Hall–Kier alpha value is -0.430. The molecule has 112 valence electrons. The third kappa shape index (κ3) is 3.61. The molecule has 1 aliphatic carbocycles. The van der Waals surface area contributed by atoms with Gasteiger partial charge in [-0.2, -0.15) is 0 Å². The Bertz CT molecular complexity index is 583. The highest BCUT2D eigenvalue weighted by molar-refractivity contribution is 9.10. The van der Waals surface area contributed by atoms with Crippen LogP contribution in [-0.2, 0) is 16.6 Å². The van der Waals surface area contributed by atoms with Crippen molar-refractivity contribution >= 4 is 26.0 Å². The Morgan fingerprint density at radius 3 is 2.65 bits per heavy atom. The minimum absolute atomic E-state index is 0.320. The van der Waals surface area contributed by atoms with Crippen LogP contribution >= 0.6 is 15.9 Å². The molecule has 4 nitrogen and oxygen atoms in total. The van der Waals surface area contributed by atoms with E-state index >= 15 is 0 Å².